The molecule has 0 saturated heterocycles. The van der Waals surface area contributed by atoms with Crippen molar-refractivity contribution in [1.82, 2.24) is 0 Å². The summed E-state index contributed by atoms with van der Waals surface area (Å²) in [6.45, 7) is 3.68. The third-order valence-corrected chi connectivity index (χ3v) is 7.01. The Morgan fingerprint density at radius 1 is 0.703 bits per heavy atom. The maximum absolute atomic E-state index is 10.1. The maximum atomic E-state index is 10.1. The van der Waals surface area contributed by atoms with E-state index in [2.05, 4.69) is 0 Å². The molecule has 4 aromatic rings. The molecule has 0 amide bonds. The van der Waals surface area contributed by atoms with Crippen LogP contribution < -0.4 is 18.9 Å². The number of hydrogen-bond acceptors (Lipinski definition) is 9. The molecule has 37 heavy (non-hydrogen) atoms. The van der Waals surface area contributed by atoms with Crippen molar-refractivity contribution < 1.29 is 33.9 Å². The van der Waals surface area contributed by atoms with Gasteiger partial charge in [0.2, 0.25) is 0 Å². The van der Waals surface area contributed by atoms with Crippen molar-refractivity contribution in [2.75, 3.05) is 33.7 Å². The second-order valence-corrected chi connectivity index (χ2v) is 9.51. The molecule has 2 aromatic carbocycles. The number of rotatable bonds is 14. The smallest absolute Gasteiger partial charge is 0.189 e. The van der Waals surface area contributed by atoms with E-state index in [0.717, 1.165) is 41.2 Å². The Hall–Kier alpha value is -3.40. The molecule has 2 N–H and O–H groups in total. The molecule has 0 aliphatic rings. The first-order valence-corrected chi connectivity index (χ1v) is 13.8. The first-order valence-electron chi connectivity index (χ1n) is 11.9. The van der Waals surface area contributed by atoms with Crippen molar-refractivity contribution >= 4 is 22.7 Å². The molecule has 9 heteroatoms. The monoisotopic (exact) mass is 542 g/mol. The van der Waals surface area contributed by atoms with Crippen LogP contribution in [0.2, 0.25) is 0 Å². The lowest BCUT2D eigenvalue weighted by atomic mass is 10.1. The van der Waals surface area contributed by atoms with E-state index in [4.69, 9.17) is 23.7 Å². The average Bonchev–Trinajstić information content (AvgIpc) is 3.55. The number of methoxy groups -OCH3 is 1. The van der Waals surface area contributed by atoms with Crippen LogP contribution in [0.25, 0.3) is 22.3 Å². The molecule has 0 radical (unpaired) electrons. The van der Waals surface area contributed by atoms with Gasteiger partial charge in [-0.25, -0.2) is 0 Å². The average molecular weight is 543 g/mol. The summed E-state index contributed by atoms with van der Waals surface area (Å²) >= 11 is 2.94. The van der Waals surface area contributed by atoms with Crippen molar-refractivity contribution in [2.24, 2.45) is 0 Å². The van der Waals surface area contributed by atoms with E-state index in [1.807, 2.05) is 41.3 Å². The SMILES string of the molecule is CCOCOc1cscc1-c1cc(OC)ccc1OCCCCOc1ccc(O)cc1-c1cscc1O. The predicted octanol–water partition coefficient (Wildman–Crippen LogP) is 7.17. The number of phenolic OH excluding ortho intramolecular Hbond substituents is 1. The van der Waals surface area contributed by atoms with Crippen LogP contribution in [0, 0.1) is 0 Å². The summed E-state index contributed by atoms with van der Waals surface area (Å²) in [5, 5.41) is 27.5. The number of unbranched alkanes of at least 4 members (excludes halogenated alkanes) is 1. The van der Waals surface area contributed by atoms with Crippen LogP contribution in [0.4, 0.5) is 0 Å². The number of benzene rings is 2. The molecule has 0 aliphatic heterocycles. The van der Waals surface area contributed by atoms with Crippen LogP contribution >= 0.6 is 22.7 Å². The summed E-state index contributed by atoms with van der Waals surface area (Å²) in [5.74, 6) is 3.12. The zero-order valence-corrected chi connectivity index (χ0v) is 22.4. The number of ether oxygens (including phenoxy) is 5. The normalized spacial score (nSPS) is 10.9. The van der Waals surface area contributed by atoms with Crippen molar-refractivity contribution in [2.45, 2.75) is 19.8 Å². The first-order chi connectivity index (χ1) is 18.1. The fraction of sp³-hybridized carbons (Fsp3) is 0.286. The van der Waals surface area contributed by atoms with E-state index in [1.165, 1.54) is 11.3 Å². The third-order valence-electron chi connectivity index (χ3n) is 5.55. The Bertz CT molecular complexity index is 1280. The Balaban J connectivity index is 1.35. The van der Waals surface area contributed by atoms with E-state index >= 15 is 0 Å². The third kappa shape index (κ3) is 6.88. The van der Waals surface area contributed by atoms with Gasteiger partial charge >= 0.3 is 0 Å². The van der Waals surface area contributed by atoms with Crippen molar-refractivity contribution in [1.29, 1.82) is 0 Å². The van der Waals surface area contributed by atoms with Gasteiger partial charge in [-0.2, -0.15) is 0 Å². The minimum absolute atomic E-state index is 0.119. The molecule has 4 rings (SSSR count). The molecule has 0 bridgehead atoms. The second kappa shape index (κ2) is 13.2. The molecule has 0 atom stereocenters. The molecule has 0 fully saturated rings. The van der Waals surface area contributed by atoms with Gasteiger partial charge in [-0.1, -0.05) is 0 Å². The molecule has 0 saturated carbocycles. The minimum atomic E-state index is 0.119. The Kier molecular flexibility index (Phi) is 9.53. The van der Waals surface area contributed by atoms with Gasteiger partial charge in [0, 0.05) is 50.4 Å². The molecule has 0 aliphatic carbocycles. The van der Waals surface area contributed by atoms with Gasteiger partial charge in [0.25, 0.3) is 0 Å². The van der Waals surface area contributed by atoms with Crippen LogP contribution in [0.1, 0.15) is 19.8 Å². The number of hydrogen-bond donors (Lipinski definition) is 2. The summed E-state index contributed by atoms with van der Waals surface area (Å²) in [5.41, 5.74) is 3.13. The summed E-state index contributed by atoms with van der Waals surface area (Å²) in [4.78, 5) is 0. The van der Waals surface area contributed by atoms with Crippen LogP contribution in [-0.2, 0) is 4.74 Å². The second-order valence-electron chi connectivity index (χ2n) is 8.02. The first kappa shape index (κ1) is 26.7. The Labute approximate surface area is 224 Å². The standard InChI is InChI=1S/C28H30O7S2/c1-3-32-18-35-28-17-37-15-24(28)22-13-20(31-2)7-9-27(22)34-11-5-4-10-33-26-8-6-19(29)12-21(26)23-14-36-16-25(23)30/h6-9,12-17,29-30H,3-5,10-11,18H2,1-2H3. The van der Waals surface area contributed by atoms with Crippen LogP contribution in [0.15, 0.2) is 57.9 Å². The molecule has 2 aromatic heterocycles. The zero-order valence-electron chi connectivity index (χ0n) is 20.8. The van der Waals surface area contributed by atoms with Crippen LogP contribution in [0.5, 0.6) is 34.5 Å². The number of thiophene rings is 2. The van der Waals surface area contributed by atoms with Gasteiger partial charge in [0.15, 0.2) is 6.79 Å². The highest BCUT2D eigenvalue weighted by atomic mass is 32.1. The van der Waals surface area contributed by atoms with Gasteiger partial charge in [-0.15, -0.1) is 22.7 Å². The van der Waals surface area contributed by atoms with Crippen LogP contribution in [-0.4, -0.2) is 43.9 Å². The van der Waals surface area contributed by atoms with E-state index in [0.29, 0.717) is 36.7 Å². The van der Waals surface area contributed by atoms with Crippen molar-refractivity contribution in [3.8, 4) is 56.8 Å². The highest BCUT2D eigenvalue weighted by molar-refractivity contribution is 7.08. The molecule has 196 valence electrons. The summed E-state index contributed by atoms with van der Waals surface area (Å²) < 4.78 is 28.7. The minimum Gasteiger partial charge on any atom is -0.508 e. The van der Waals surface area contributed by atoms with Gasteiger partial charge < -0.3 is 33.9 Å². The Morgan fingerprint density at radius 2 is 1.38 bits per heavy atom. The molecule has 0 unspecified atom stereocenters. The molecular weight excluding hydrogens is 512 g/mol. The molecular formula is C28H30O7S2. The number of phenols is 1. The van der Waals surface area contributed by atoms with Gasteiger partial charge in [0.05, 0.1) is 20.3 Å². The van der Waals surface area contributed by atoms with Crippen LogP contribution in [0.3, 0.4) is 0 Å². The van der Waals surface area contributed by atoms with E-state index < -0.39 is 0 Å². The fourth-order valence-electron chi connectivity index (χ4n) is 3.67. The topological polar surface area (TPSA) is 86.6 Å². The summed E-state index contributed by atoms with van der Waals surface area (Å²) in [6, 6.07) is 10.6. The molecule has 0 spiro atoms. The summed E-state index contributed by atoms with van der Waals surface area (Å²) in [7, 11) is 1.64. The molecule has 7 nitrogen and oxygen atoms in total. The van der Waals surface area contributed by atoms with Gasteiger partial charge in [0.1, 0.15) is 34.5 Å². The lowest BCUT2D eigenvalue weighted by molar-refractivity contribution is 0.0230. The van der Waals surface area contributed by atoms with Gasteiger partial charge in [-0.05, 0) is 56.2 Å². The fourth-order valence-corrected chi connectivity index (χ4v) is 5.14. The predicted molar refractivity (Wildman–Crippen MR) is 147 cm³/mol. The Morgan fingerprint density at radius 3 is 2.05 bits per heavy atom. The highest BCUT2D eigenvalue weighted by Crippen LogP contribution is 2.42. The van der Waals surface area contributed by atoms with E-state index in [9.17, 15) is 10.2 Å². The van der Waals surface area contributed by atoms with Crippen molar-refractivity contribution in [3.63, 3.8) is 0 Å². The maximum Gasteiger partial charge on any atom is 0.189 e. The number of aromatic hydroxyl groups is 2. The summed E-state index contributed by atoms with van der Waals surface area (Å²) in [6.07, 6.45) is 1.54. The van der Waals surface area contributed by atoms with Gasteiger partial charge in [-0.3, -0.25) is 0 Å². The van der Waals surface area contributed by atoms with Crippen molar-refractivity contribution in [3.05, 3.63) is 57.9 Å². The lowest BCUT2D eigenvalue weighted by Crippen LogP contribution is -2.04. The van der Waals surface area contributed by atoms with E-state index in [-0.39, 0.29) is 18.3 Å². The lowest BCUT2D eigenvalue weighted by Gasteiger charge is -2.15. The highest BCUT2D eigenvalue weighted by Gasteiger charge is 2.15. The largest absolute Gasteiger partial charge is 0.508 e. The molecule has 2 heterocycles. The zero-order chi connectivity index (χ0) is 26.0. The quantitative estimate of drug-likeness (QED) is 0.129. The van der Waals surface area contributed by atoms with E-state index in [1.54, 1.807) is 42.0 Å².